The van der Waals surface area contributed by atoms with Crippen LogP contribution in [0.4, 0.5) is 5.95 Å². The van der Waals surface area contributed by atoms with Gasteiger partial charge in [0, 0.05) is 12.7 Å². The van der Waals surface area contributed by atoms with Crippen LogP contribution in [0.2, 0.25) is 0 Å². The summed E-state index contributed by atoms with van der Waals surface area (Å²) in [6, 6.07) is 0.295. The second-order valence-electron chi connectivity index (χ2n) is 3.31. The van der Waals surface area contributed by atoms with Gasteiger partial charge < -0.3 is 10.1 Å². The van der Waals surface area contributed by atoms with Crippen LogP contribution in [0.25, 0.3) is 5.95 Å². The minimum atomic E-state index is 0.295. The molecule has 0 aromatic carbocycles. The summed E-state index contributed by atoms with van der Waals surface area (Å²) >= 11 is 2.18. The van der Waals surface area contributed by atoms with Crippen LogP contribution in [-0.2, 0) is 0 Å². The normalized spacial score (nSPS) is 10.4. The van der Waals surface area contributed by atoms with Crippen LogP contribution < -0.4 is 10.1 Å². The van der Waals surface area contributed by atoms with Crippen LogP contribution in [0.1, 0.15) is 13.8 Å². The summed E-state index contributed by atoms with van der Waals surface area (Å²) in [5.41, 5.74) is 0. The standard InChI is InChI=1S/C10H13IN6O/c1-3-12-8-14-9(16-10(15-8)18-4-2)17-6-7(11)5-13-17/h5-6H,3-4H2,1-2H3,(H,12,14,15,16). The topological polar surface area (TPSA) is 77.8 Å². The van der Waals surface area contributed by atoms with Crippen molar-refractivity contribution in [2.24, 2.45) is 0 Å². The van der Waals surface area contributed by atoms with Gasteiger partial charge in [-0.25, -0.2) is 4.68 Å². The van der Waals surface area contributed by atoms with Crippen LogP contribution in [-0.4, -0.2) is 37.9 Å². The van der Waals surface area contributed by atoms with Gasteiger partial charge in [0.25, 0.3) is 5.95 Å². The fraction of sp³-hybridized carbons (Fsp3) is 0.400. The van der Waals surface area contributed by atoms with Crippen molar-refractivity contribution in [3.63, 3.8) is 0 Å². The molecule has 96 valence electrons. The lowest BCUT2D eigenvalue weighted by molar-refractivity contribution is 0.311. The number of halogens is 1. The number of anilines is 1. The molecule has 0 unspecified atom stereocenters. The summed E-state index contributed by atoms with van der Waals surface area (Å²) < 4.78 is 7.92. The molecular weight excluding hydrogens is 347 g/mol. The molecule has 1 N–H and O–H groups in total. The molecule has 0 radical (unpaired) electrons. The molecule has 0 aliphatic heterocycles. The second kappa shape index (κ2) is 5.94. The van der Waals surface area contributed by atoms with Crippen molar-refractivity contribution < 1.29 is 4.74 Å². The minimum Gasteiger partial charge on any atom is -0.464 e. The van der Waals surface area contributed by atoms with Gasteiger partial charge >= 0.3 is 6.01 Å². The number of hydrogen-bond donors (Lipinski definition) is 1. The Morgan fingerprint density at radius 3 is 2.78 bits per heavy atom. The molecule has 2 aromatic rings. The average molecular weight is 360 g/mol. The summed E-state index contributed by atoms with van der Waals surface area (Å²) in [6.07, 6.45) is 3.57. The molecule has 0 spiro atoms. The SMILES string of the molecule is CCNc1nc(OCC)nc(-n2cc(I)cn2)n1. The first kappa shape index (κ1) is 13.0. The van der Waals surface area contributed by atoms with Gasteiger partial charge in [0.05, 0.1) is 16.4 Å². The van der Waals surface area contributed by atoms with E-state index in [1.54, 1.807) is 10.9 Å². The van der Waals surface area contributed by atoms with Crippen LogP contribution in [0.3, 0.4) is 0 Å². The van der Waals surface area contributed by atoms with Gasteiger partial charge in [-0.3, -0.25) is 0 Å². The Morgan fingerprint density at radius 2 is 2.17 bits per heavy atom. The van der Waals surface area contributed by atoms with Gasteiger partial charge in [-0.2, -0.15) is 20.1 Å². The summed E-state index contributed by atoms with van der Waals surface area (Å²) in [6.45, 7) is 5.09. The largest absolute Gasteiger partial charge is 0.464 e. The highest BCUT2D eigenvalue weighted by Crippen LogP contribution is 2.12. The molecule has 7 nitrogen and oxygen atoms in total. The number of nitrogens with one attached hydrogen (secondary N) is 1. The third-order valence-electron chi connectivity index (χ3n) is 1.97. The predicted octanol–water partition coefficient (Wildman–Crippen LogP) is 1.49. The van der Waals surface area contributed by atoms with Crippen molar-refractivity contribution >= 4 is 28.5 Å². The van der Waals surface area contributed by atoms with Gasteiger partial charge in [-0.05, 0) is 36.4 Å². The van der Waals surface area contributed by atoms with Gasteiger partial charge in [0.1, 0.15) is 0 Å². The molecule has 0 aliphatic carbocycles. The van der Waals surface area contributed by atoms with Crippen LogP contribution in [0.15, 0.2) is 12.4 Å². The summed E-state index contributed by atoms with van der Waals surface area (Å²) in [5, 5.41) is 7.20. The Bertz CT molecular complexity index is 505. The number of rotatable bonds is 5. The Morgan fingerprint density at radius 1 is 1.33 bits per heavy atom. The molecule has 0 bridgehead atoms. The third kappa shape index (κ3) is 3.06. The van der Waals surface area contributed by atoms with E-state index in [1.165, 1.54) is 0 Å². The molecule has 0 saturated heterocycles. The Balaban J connectivity index is 2.39. The van der Waals surface area contributed by atoms with Crippen molar-refractivity contribution in [1.29, 1.82) is 0 Å². The summed E-state index contributed by atoms with van der Waals surface area (Å²) in [4.78, 5) is 12.6. The first-order valence-corrected chi connectivity index (χ1v) is 6.64. The summed E-state index contributed by atoms with van der Waals surface area (Å²) in [7, 11) is 0. The number of nitrogens with zero attached hydrogens (tertiary/aromatic N) is 5. The first-order valence-electron chi connectivity index (χ1n) is 5.56. The van der Waals surface area contributed by atoms with Gasteiger partial charge in [-0.15, -0.1) is 0 Å². The van der Waals surface area contributed by atoms with E-state index in [0.717, 1.165) is 10.1 Å². The van der Waals surface area contributed by atoms with Crippen molar-refractivity contribution in [3.05, 3.63) is 16.0 Å². The van der Waals surface area contributed by atoms with E-state index in [4.69, 9.17) is 4.74 Å². The van der Waals surface area contributed by atoms with E-state index >= 15 is 0 Å². The van der Waals surface area contributed by atoms with E-state index in [1.807, 2.05) is 20.0 Å². The molecule has 2 aromatic heterocycles. The van der Waals surface area contributed by atoms with E-state index in [-0.39, 0.29) is 0 Å². The fourth-order valence-corrected chi connectivity index (χ4v) is 1.68. The molecule has 0 atom stereocenters. The minimum absolute atomic E-state index is 0.295. The molecule has 0 aliphatic rings. The van der Waals surface area contributed by atoms with Gasteiger partial charge in [0.15, 0.2) is 0 Å². The molecular formula is C10H13IN6O. The zero-order valence-corrected chi connectivity index (χ0v) is 12.2. The molecule has 0 amide bonds. The Labute approximate surface area is 118 Å². The van der Waals surface area contributed by atoms with Crippen molar-refractivity contribution in [2.45, 2.75) is 13.8 Å². The molecule has 0 fully saturated rings. The van der Waals surface area contributed by atoms with Crippen LogP contribution in [0.5, 0.6) is 6.01 Å². The zero-order valence-electron chi connectivity index (χ0n) is 10.1. The maximum atomic E-state index is 5.32. The highest BCUT2D eigenvalue weighted by Gasteiger charge is 2.09. The van der Waals surface area contributed by atoms with Gasteiger partial charge in [0.2, 0.25) is 5.95 Å². The number of ether oxygens (including phenoxy) is 1. The van der Waals surface area contributed by atoms with E-state index in [0.29, 0.717) is 24.5 Å². The molecule has 8 heteroatoms. The molecule has 18 heavy (non-hydrogen) atoms. The average Bonchev–Trinajstić information content (AvgIpc) is 2.76. The lowest BCUT2D eigenvalue weighted by atomic mass is 10.7. The zero-order chi connectivity index (χ0) is 13.0. The van der Waals surface area contributed by atoms with Crippen LogP contribution >= 0.6 is 22.6 Å². The maximum Gasteiger partial charge on any atom is 0.323 e. The first-order chi connectivity index (χ1) is 8.72. The lowest BCUT2D eigenvalue weighted by Crippen LogP contribution is -2.11. The highest BCUT2D eigenvalue weighted by molar-refractivity contribution is 14.1. The third-order valence-corrected chi connectivity index (χ3v) is 2.52. The quantitative estimate of drug-likeness (QED) is 0.815. The fourth-order valence-electron chi connectivity index (χ4n) is 1.29. The van der Waals surface area contributed by atoms with E-state index < -0.39 is 0 Å². The Kier molecular flexibility index (Phi) is 4.28. The monoisotopic (exact) mass is 360 g/mol. The van der Waals surface area contributed by atoms with Crippen LogP contribution in [0, 0.1) is 3.57 Å². The van der Waals surface area contributed by atoms with Crippen molar-refractivity contribution in [2.75, 3.05) is 18.5 Å². The predicted molar refractivity (Wildman–Crippen MR) is 75.0 cm³/mol. The number of aromatic nitrogens is 5. The van der Waals surface area contributed by atoms with Crippen molar-refractivity contribution in [3.8, 4) is 12.0 Å². The number of hydrogen-bond acceptors (Lipinski definition) is 6. The van der Waals surface area contributed by atoms with E-state index in [9.17, 15) is 0 Å². The molecule has 2 rings (SSSR count). The second-order valence-corrected chi connectivity index (χ2v) is 4.55. The van der Waals surface area contributed by atoms with E-state index in [2.05, 4.69) is 48.0 Å². The molecule has 2 heterocycles. The summed E-state index contributed by atoms with van der Waals surface area (Å²) in [5.74, 6) is 0.920. The maximum absolute atomic E-state index is 5.32. The van der Waals surface area contributed by atoms with Gasteiger partial charge in [-0.1, -0.05) is 0 Å². The van der Waals surface area contributed by atoms with Crippen molar-refractivity contribution in [1.82, 2.24) is 24.7 Å². The lowest BCUT2D eigenvalue weighted by Gasteiger charge is -2.07. The molecule has 0 saturated carbocycles. The Hall–Kier alpha value is -1.45. The highest BCUT2D eigenvalue weighted by atomic mass is 127. The smallest absolute Gasteiger partial charge is 0.323 e.